The lowest BCUT2D eigenvalue weighted by atomic mass is 9.83. The Morgan fingerprint density at radius 2 is 1.21 bits per heavy atom. The molecule has 1 fully saturated rings. The van der Waals surface area contributed by atoms with E-state index >= 15 is 0 Å². The second kappa shape index (κ2) is 6.52. The Balaban J connectivity index is 2.10. The van der Waals surface area contributed by atoms with Crippen molar-refractivity contribution in [2.75, 3.05) is 13.2 Å². The molecule has 80 valence electrons. The van der Waals surface area contributed by atoms with Crippen LogP contribution in [-0.2, 0) is 9.47 Å². The fourth-order valence-corrected chi connectivity index (χ4v) is 1.97. The van der Waals surface area contributed by atoms with Crippen LogP contribution in [0.1, 0.15) is 25.7 Å². The van der Waals surface area contributed by atoms with E-state index in [1.807, 2.05) is 0 Å². The Morgan fingerprint density at radius 3 is 1.50 bits per heavy atom. The van der Waals surface area contributed by atoms with Crippen molar-refractivity contribution in [1.82, 2.24) is 0 Å². The summed E-state index contributed by atoms with van der Waals surface area (Å²) < 4.78 is 10.4. The molecule has 0 aliphatic heterocycles. The Hall–Kier alpha value is -0.920. The standard InChI is InChI=1S/C12H20O2/c1-3-13-9-11-5-7-12(8-6-11)10-14-4-2/h3-4,11-12H,1-2,5-10H2. The van der Waals surface area contributed by atoms with E-state index in [-0.39, 0.29) is 0 Å². The molecule has 2 nitrogen and oxygen atoms in total. The highest BCUT2D eigenvalue weighted by molar-refractivity contribution is 4.73. The molecule has 0 bridgehead atoms. The van der Waals surface area contributed by atoms with E-state index in [1.165, 1.54) is 38.2 Å². The van der Waals surface area contributed by atoms with Crippen molar-refractivity contribution in [3.8, 4) is 0 Å². The summed E-state index contributed by atoms with van der Waals surface area (Å²) in [5.41, 5.74) is 0. The van der Waals surface area contributed by atoms with Gasteiger partial charge in [0.25, 0.3) is 0 Å². The minimum absolute atomic E-state index is 0.716. The lowest BCUT2D eigenvalue weighted by molar-refractivity contribution is 0.114. The summed E-state index contributed by atoms with van der Waals surface area (Å²) in [6.45, 7) is 8.76. The average molecular weight is 196 g/mol. The van der Waals surface area contributed by atoms with Gasteiger partial charge in [0.2, 0.25) is 0 Å². The van der Waals surface area contributed by atoms with Crippen molar-refractivity contribution in [2.45, 2.75) is 25.7 Å². The summed E-state index contributed by atoms with van der Waals surface area (Å²) in [6.07, 6.45) is 8.07. The minimum atomic E-state index is 0.716. The van der Waals surface area contributed by atoms with Crippen LogP contribution in [0.2, 0.25) is 0 Å². The third-order valence-electron chi connectivity index (χ3n) is 2.87. The van der Waals surface area contributed by atoms with Crippen molar-refractivity contribution in [2.24, 2.45) is 11.8 Å². The fourth-order valence-electron chi connectivity index (χ4n) is 1.97. The summed E-state index contributed by atoms with van der Waals surface area (Å²) in [7, 11) is 0. The molecule has 0 aromatic heterocycles. The molecule has 0 aromatic carbocycles. The van der Waals surface area contributed by atoms with Gasteiger partial charge in [0.1, 0.15) is 0 Å². The third-order valence-corrected chi connectivity index (χ3v) is 2.87. The molecule has 1 saturated carbocycles. The molecule has 0 aromatic rings. The molecule has 1 aliphatic rings. The first-order chi connectivity index (χ1) is 6.86. The van der Waals surface area contributed by atoms with Crippen LogP contribution in [0.15, 0.2) is 25.7 Å². The second-order valence-electron chi connectivity index (χ2n) is 3.89. The van der Waals surface area contributed by atoms with Crippen LogP contribution in [0.4, 0.5) is 0 Å². The van der Waals surface area contributed by atoms with Gasteiger partial charge in [-0.15, -0.1) is 0 Å². The summed E-state index contributed by atoms with van der Waals surface area (Å²) >= 11 is 0. The molecule has 0 N–H and O–H groups in total. The van der Waals surface area contributed by atoms with E-state index in [0.717, 1.165) is 13.2 Å². The summed E-state index contributed by atoms with van der Waals surface area (Å²) in [5, 5.41) is 0. The van der Waals surface area contributed by atoms with E-state index in [4.69, 9.17) is 9.47 Å². The monoisotopic (exact) mass is 196 g/mol. The third kappa shape index (κ3) is 3.86. The molecule has 0 unspecified atom stereocenters. The molecule has 2 heteroatoms. The quantitative estimate of drug-likeness (QED) is 0.608. The van der Waals surface area contributed by atoms with E-state index in [1.54, 1.807) is 0 Å². The molecule has 0 radical (unpaired) electrons. The first-order valence-corrected chi connectivity index (χ1v) is 5.31. The summed E-state index contributed by atoms with van der Waals surface area (Å²) in [4.78, 5) is 0. The maximum atomic E-state index is 5.21. The van der Waals surface area contributed by atoms with Crippen LogP contribution in [0.5, 0.6) is 0 Å². The van der Waals surface area contributed by atoms with Crippen LogP contribution in [0.25, 0.3) is 0 Å². The molecule has 0 spiro atoms. The zero-order chi connectivity index (χ0) is 10.2. The average Bonchev–Trinajstić information content (AvgIpc) is 2.25. The normalized spacial score (nSPS) is 26.6. The van der Waals surface area contributed by atoms with Crippen molar-refractivity contribution in [3.05, 3.63) is 25.7 Å². The highest BCUT2D eigenvalue weighted by Gasteiger charge is 2.21. The van der Waals surface area contributed by atoms with Gasteiger partial charge in [0.05, 0.1) is 25.7 Å². The number of rotatable bonds is 6. The number of hydrogen-bond donors (Lipinski definition) is 0. The Labute approximate surface area is 86.6 Å². The van der Waals surface area contributed by atoms with Crippen LogP contribution < -0.4 is 0 Å². The van der Waals surface area contributed by atoms with Gasteiger partial charge in [-0.25, -0.2) is 0 Å². The lowest BCUT2D eigenvalue weighted by Crippen LogP contribution is -2.20. The van der Waals surface area contributed by atoms with Crippen LogP contribution in [0, 0.1) is 11.8 Å². The van der Waals surface area contributed by atoms with Crippen molar-refractivity contribution in [1.29, 1.82) is 0 Å². The molecular weight excluding hydrogens is 176 g/mol. The van der Waals surface area contributed by atoms with Gasteiger partial charge in [0.15, 0.2) is 0 Å². The lowest BCUT2D eigenvalue weighted by Gasteiger charge is -2.27. The van der Waals surface area contributed by atoms with E-state index in [9.17, 15) is 0 Å². The van der Waals surface area contributed by atoms with Crippen molar-refractivity contribution >= 4 is 0 Å². The van der Waals surface area contributed by atoms with Gasteiger partial charge in [-0.1, -0.05) is 13.2 Å². The molecule has 1 aliphatic carbocycles. The van der Waals surface area contributed by atoms with Crippen LogP contribution in [0.3, 0.4) is 0 Å². The second-order valence-corrected chi connectivity index (χ2v) is 3.89. The van der Waals surface area contributed by atoms with Gasteiger partial charge < -0.3 is 9.47 Å². The van der Waals surface area contributed by atoms with Gasteiger partial charge in [-0.05, 0) is 37.5 Å². The zero-order valence-electron chi connectivity index (χ0n) is 8.78. The fraction of sp³-hybridized carbons (Fsp3) is 0.667. The van der Waals surface area contributed by atoms with Crippen LogP contribution in [-0.4, -0.2) is 13.2 Å². The van der Waals surface area contributed by atoms with Crippen molar-refractivity contribution in [3.63, 3.8) is 0 Å². The van der Waals surface area contributed by atoms with Gasteiger partial charge >= 0.3 is 0 Å². The first kappa shape index (κ1) is 11.2. The Morgan fingerprint density at radius 1 is 0.857 bits per heavy atom. The number of hydrogen-bond acceptors (Lipinski definition) is 2. The first-order valence-electron chi connectivity index (χ1n) is 5.31. The van der Waals surface area contributed by atoms with E-state index < -0.39 is 0 Å². The van der Waals surface area contributed by atoms with Gasteiger partial charge in [0, 0.05) is 0 Å². The smallest absolute Gasteiger partial charge is 0.0901 e. The predicted molar refractivity (Wildman–Crippen MR) is 57.7 cm³/mol. The van der Waals surface area contributed by atoms with E-state index in [0.29, 0.717) is 11.8 Å². The van der Waals surface area contributed by atoms with E-state index in [2.05, 4.69) is 13.2 Å². The van der Waals surface area contributed by atoms with Gasteiger partial charge in [-0.2, -0.15) is 0 Å². The molecule has 0 atom stereocenters. The zero-order valence-corrected chi connectivity index (χ0v) is 8.78. The van der Waals surface area contributed by atoms with Crippen LogP contribution >= 0.6 is 0 Å². The highest BCUT2D eigenvalue weighted by atomic mass is 16.5. The summed E-state index contributed by atoms with van der Waals surface area (Å²) in [6, 6.07) is 0. The molecular formula is C12H20O2. The minimum Gasteiger partial charge on any atom is -0.502 e. The highest BCUT2D eigenvalue weighted by Crippen LogP contribution is 2.29. The summed E-state index contributed by atoms with van der Waals surface area (Å²) in [5.74, 6) is 1.43. The molecule has 14 heavy (non-hydrogen) atoms. The molecule has 1 rings (SSSR count). The molecule has 0 saturated heterocycles. The number of ether oxygens (including phenoxy) is 2. The topological polar surface area (TPSA) is 18.5 Å². The van der Waals surface area contributed by atoms with Crippen molar-refractivity contribution < 1.29 is 9.47 Å². The largest absolute Gasteiger partial charge is 0.502 e. The molecule has 0 amide bonds. The van der Waals surface area contributed by atoms with Gasteiger partial charge in [-0.3, -0.25) is 0 Å². The maximum absolute atomic E-state index is 5.21. The SMILES string of the molecule is C=COCC1CCC(COC=C)CC1. The Kier molecular flexibility index (Phi) is 5.20. The maximum Gasteiger partial charge on any atom is 0.0901 e. The molecule has 0 heterocycles. The predicted octanol–water partition coefficient (Wildman–Crippen LogP) is 3.11. The Bertz CT molecular complexity index is 149.